The van der Waals surface area contributed by atoms with Crippen molar-refractivity contribution in [3.63, 3.8) is 0 Å². The molecule has 1 aromatic carbocycles. The topological polar surface area (TPSA) is 44.1 Å². The molecule has 0 atom stereocenters. The molecule has 1 heterocycles. The molecule has 2 rings (SSSR count). The first-order valence-electron chi connectivity index (χ1n) is 5.25. The van der Waals surface area contributed by atoms with Crippen LogP contribution in [0.5, 0.6) is 5.75 Å². The molecule has 100 valence electrons. The minimum absolute atomic E-state index is 0.0194. The number of benzene rings is 1. The Morgan fingerprint density at radius 3 is 2.84 bits per heavy atom. The van der Waals surface area contributed by atoms with Gasteiger partial charge in [0.15, 0.2) is 5.15 Å². The van der Waals surface area contributed by atoms with Gasteiger partial charge in [0.05, 0.1) is 20.0 Å². The summed E-state index contributed by atoms with van der Waals surface area (Å²) in [5, 5.41) is 0.344. The Kier molecular flexibility index (Phi) is 4.07. The van der Waals surface area contributed by atoms with Crippen molar-refractivity contribution in [2.45, 2.75) is 6.54 Å². The minimum atomic E-state index is -0.456. The van der Waals surface area contributed by atoms with Gasteiger partial charge in [0.1, 0.15) is 5.82 Å². The number of ether oxygens (including phenoxy) is 1. The number of methoxy groups -OCH3 is 1. The Bertz CT molecular complexity index is 673. The van der Waals surface area contributed by atoms with Crippen LogP contribution in [0.4, 0.5) is 4.39 Å². The maximum Gasteiger partial charge on any atom is 0.297 e. The molecule has 7 heteroatoms. The van der Waals surface area contributed by atoms with E-state index in [1.807, 2.05) is 0 Å². The molecule has 0 radical (unpaired) electrons. The van der Waals surface area contributed by atoms with Crippen molar-refractivity contribution >= 4 is 23.2 Å². The highest BCUT2D eigenvalue weighted by molar-refractivity contribution is 6.31. The van der Waals surface area contributed by atoms with Crippen molar-refractivity contribution in [3.8, 4) is 5.75 Å². The van der Waals surface area contributed by atoms with Crippen LogP contribution in [-0.4, -0.2) is 16.7 Å². The Hall–Kier alpha value is -1.59. The molecule has 0 amide bonds. The van der Waals surface area contributed by atoms with Crippen LogP contribution in [0.3, 0.4) is 0 Å². The van der Waals surface area contributed by atoms with Crippen LogP contribution in [0.15, 0.2) is 29.3 Å². The van der Waals surface area contributed by atoms with Crippen LogP contribution in [0, 0.1) is 5.82 Å². The lowest BCUT2D eigenvalue weighted by Gasteiger charge is -2.09. The van der Waals surface area contributed by atoms with Gasteiger partial charge in [-0.25, -0.2) is 9.37 Å². The fourth-order valence-corrected chi connectivity index (χ4v) is 1.96. The van der Waals surface area contributed by atoms with Crippen molar-refractivity contribution in [1.29, 1.82) is 0 Å². The molecule has 0 saturated carbocycles. The third kappa shape index (κ3) is 2.88. The predicted octanol–water partition coefficient (Wildman–Crippen LogP) is 2.75. The number of aromatic nitrogens is 2. The molecular formula is C12H9Cl2FN2O2. The summed E-state index contributed by atoms with van der Waals surface area (Å²) in [5.41, 5.74) is 0.0118. The number of rotatable bonds is 3. The molecule has 4 nitrogen and oxygen atoms in total. The summed E-state index contributed by atoms with van der Waals surface area (Å²) in [6.07, 6.45) is 1.26. The molecule has 0 aliphatic heterocycles. The van der Waals surface area contributed by atoms with E-state index in [4.69, 9.17) is 27.9 Å². The van der Waals surface area contributed by atoms with Gasteiger partial charge in [-0.05, 0) is 23.8 Å². The zero-order valence-electron chi connectivity index (χ0n) is 9.86. The molecule has 0 aliphatic rings. The minimum Gasteiger partial charge on any atom is -0.489 e. The average molecular weight is 303 g/mol. The second-order valence-electron chi connectivity index (χ2n) is 3.74. The van der Waals surface area contributed by atoms with Crippen molar-refractivity contribution in [2.24, 2.45) is 0 Å². The standard InChI is InChI=1S/C12H9Cl2FN2O2/c1-19-10-11(14)16-6-17(12(10)18)5-7-4-8(15)2-3-9(7)13/h2-4,6H,5H2,1H3. The molecule has 0 spiro atoms. The molecule has 0 unspecified atom stereocenters. The monoisotopic (exact) mass is 302 g/mol. The van der Waals surface area contributed by atoms with Gasteiger partial charge in [0.25, 0.3) is 5.56 Å². The summed E-state index contributed by atoms with van der Waals surface area (Å²) < 4.78 is 19.3. The van der Waals surface area contributed by atoms with E-state index >= 15 is 0 Å². The van der Waals surface area contributed by atoms with Gasteiger partial charge >= 0.3 is 0 Å². The second kappa shape index (κ2) is 5.59. The number of hydrogen-bond donors (Lipinski definition) is 0. The van der Waals surface area contributed by atoms with E-state index in [1.54, 1.807) is 0 Å². The highest BCUT2D eigenvalue weighted by Crippen LogP contribution is 2.19. The maximum absolute atomic E-state index is 13.2. The lowest BCUT2D eigenvalue weighted by atomic mass is 10.2. The molecule has 0 N–H and O–H groups in total. The summed E-state index contributed by atoms with van der Waals surface area (Å²) in [5.74, 6) is -0.488. The van der Waals surface area contributed by atoms with Gasteiger partial charge in [-0.2, -0.15) is 0 Å². The Morgan fingerprint density at radius 1 is 1.42 bits per heavy atom. The van der Waals surface area contributed by atoms with Crippen molar-refractivity contribution < 1.29 is 9.13 Å². The number of halogens is 3. The van der Waals surface area contributed by atoms with Gasteiger partial charge in [-0.1, -0.05) is 23.2 Å². The van der Waals surface area contributed by atoms with Crippen molar-refractivity contribution in [3.05, 3.63) is 56.4 Å². The first-order valence-corrected chi connectivity index (χ1v) is 6.01. The summed E-state index contributed by atoms with van der Waals surface area (Å²) in [6, 6.07) is 3.93. The molecule has 19 heavy (non-hydrogen) atoms. The summed E-state index contributed by atoms with van der Waals surface area (Å²) in [6.45, 7) is 0.0793. The molecule has 2 aromatic rings. The first kappa shape index (κ1) is 13.8. The molecule has 0 bridgehead atoms. The molecule has 1 aromatic heterocycles. The fourth-order valence-electron chi connectivity index (χ4n) is 1.58. The SMILES string of the molecule is COc1c(Cl)ncn(Cc2cc(F)ccc2Cl)c1=O. The van der Waals surface area contributed by atoms with E-state index in [1.165, 1.54) is 36.2 Å². The third-order valence-electron chi connectivity index (χ3n) is 2.51. The maximum atomic E-state index is 13.2. The van der Waals surface area contributed by atoms with Crippen molar-refractivity contribution in [1.82, 2.24) is 9.55 Å². The van der Waals surface area contributed by atoms with Gasteiger partial charge in [-0.15, -0.1) is 0 Å². The average Bonchev–Trinajstić information content (AvgIpc) is 2.38. The van der Waals surface area contributed by atoms with Gasteiger partial charge in [0.2, 0.25) is 5.75 Å². The zero-order chi connectivity index (χ0) is 14.0. The molecule has 0 fully saturated rings. The molecule has 0 saturated heterocycles. The first-order chi connectivity index (χ1) is 9.02. The number of nitrogens with zero attached hydrogens (tertiary/aromatic N) is 2. The van der Waals surface area contributed by atoms with Crippen molar-refractivity contribution in [2.75, 3.05) is 7.11 Å². The van der Waals surface area contributed by atoms with Crippen LogP contribution < -0.4 is 10.3 Å². The van der Waals surface area contributed by atoms with Crippen LogP contribution >= 0.6 is 23.2 Å². The van der Waals surface area contributed by atoms with E-state index in [0.29, 0.717) is 10.6 Å². The van der Waals surface area contributed by atoms with E-state index < -0.39 is 11.4 Å². The van der Waals surface area contributed by atoms with E-state index in [0.717, 1.165) is 0 Å². The highest BCUT2D eigenvalue weighted by atomic mass is 35.5. The second-order valence-corrected chi connectivity index (χ2v) is 4.50. The van der Waals surface area contributed by atoms with Gasteiger partial charge < -0.3 is 4.74 Å². The van der Waals surface area contributed by atoms with E-state index in [-0.39, 0.29) is 17.4 Å². The fraction of sp³-hybridized carbons (Fsp3) is 0.167. The smallest absolute Gasteiger partial charge is 0.297 e. The zero-order valence-corrected chi connectivity index (χ0v) is 11.4. The highest BCUT2D eigenvalue weighted by Gasteiger charge is 2.12. The number of hydrogen-bond acceptors (Lipinski definition) is 3. The van der Waals surface area contributed by atoms with Gasteiger partial charge in [-0.3, -0.25) is 9.36 Å². The summed E-state index contributed by atoms with van der Waals surface area (Å²) in [4.78, 5) is 15.8. The largest absolute Gasteiger partial charge is 0.489 e. The summed E-state index contributed by atoms with van der Waals surface area (Å²) in [7, 11) is 1.32. The van der Waals surface area contributed by atoms with Crippen LogP contribution in [0.25, 0.3) is 0 Å². The lowest BCUT2D eigenvalue weighted by Crippen LogP contribution is -2.22. The van der Waals surface area contributed by atoms with Crippen LogP contribution in [0.2, 0.25) is 10.2 Å². The van der Waals surface area contributed by atoms with E-state index in [9.17, 15) is 9.18 Å². The molecule has 0 aliphatic carbocycles. The summed E-state index contributed by atoms with van der Waals surface area (Å²) >= 11 is 11.7. The third-order valence-corrected chi connectivity index (χ3v) is 3.14. The Balaban J connectivity index is 2.44. The predicted molar refractivity (Wildman–Crippen MR) is 70.6 cm³/mol. The quantitative estimate of drug-likeness (QED) is 0.819. The van der Waals surface area contributed by atoms with E-state index in [2.05, 4.69) is 4.98 Å². The van der Waals surface area contributed by atoms with Crippen LogP contribution in [0.1, 0.15) is 5.56 Å². The van der Waals surface area contributed by atoms with Gasteiger partial charge in [0, 0.05) is 5.02 Å². The van der Waals surface area contributed by atoms with Crippen LogP contribution in [-0.2, 0) is 6.54 Å². The Morgan fingerprint density at radius 2 is 2.16 bits per heavy atom. The Labute approximate surface area is 118 Å². The normalized spacial score (nSPS) is 10.5. The molecular weight excluding hydrogens is 294 g/mol. The lowest BCUT2D eigenvalue weighted by molar-refractivity contribution is 0.401.